The van der Waals surface area contributed by atoms with Crippen LogP contribution >= 0.6 is 0 Å². The van der Waals surface area contributed by atoms with E-state index in [1.807, 2.05) is 6.07 Å². The van der Waals surface area contributed by atoms with Crippen molar-refractivity contribution in [2.24, 2.45) is 5.92 Å². The van der Waals surface area contributed by atoms with E-state index in [1.165, 1.54) is 0 Å². The van der Waals surface area contributed by atoms with Crippen LogP contribution in [0.1, 0.15) is 12.5 Å². The number of hydrogen-bond donors (Lipinski definition) is 2. The fourth-order valence-corrected chi connectivity index (χ4v) is 1.40. The van der Waals surface area contributed by atoms with Gasteiger partial charge < -0.3 is 15.8 Å². The van der Waals surface area contributed by atoms with Crippen LogP contribution in [0.25, 0.3) is 0 Å². The first kappa shape index (κ1) is 12.3. The van der Waals surface area contributed by atoms with Gasteiger partial charge in [0.05, 0.1) is 12.2 Å². The highest BCUT2D eigenvalue weighted by Gasteiger charge is 2.03. The molecule has 1 aromatic rings. The first-order valence-corrected chi connectivity index (χ1v) is 5.19. The molecule has 1 rings (SSSR count). The normalized spacial score (nSPS) is 11.8. The van der Waals surface area contributed by atoms with Crippen molar-refractivity contribution in [1.29, 1.82) is 5.26 Å². The van der Waals surface area contributed by atoms with Crippen LogP contribution in [0.3, 0.4) is 0 Å². The van der Waals surface area contributed by atoms with Gasteiger partial charge in [-0.1, -0.05) is 6.92 Å². The van der Waals surface area contributed by atoms with E-state index in [9.17, 15) is 0 Å². The van der Waals surface area contributed by atoms with Gasteiger partial charge in [-0.05, 0) is 24.1 Å². The largest absolute Gasteiger partial charge is 0.398 e. The summed E-state index contributed by atoms with van der Waals surface area (Å²) in [6, 6.07) is 7.43. The second-order valence-electron chi connectivity index (χ2n) is 3.86. The smallest absolute Gasteiger partial charge is 0.101 e. The molecule has 0 radical (unpaired) electrons. The van der Waals surface area contributed by atoms with Gasteiger partial charge >= 0.3 is 0 Å². The lowest BCUT2D eigenvalue weighted by Crippen LogP contribution is -2.15. The zero-order valence-corrected chi connectivity index (χ0v) is 9.66. The zero-order valence-electron chi connectivity index (χ0n) is 9.66. The summed E-state index contributed by atoms with van der Waals surface area (Å²) in [4.78, 5) is 0. The number of anilines is 2. The van der Waals surface area contributed by atoms with Gasteiger partial charge in [-0.2, -0.15) is 5.26 Å². The number of hydrogen-bond acceptors (Lipinski definition) is 4. The number of methoxy groups -OCH3 is 1. The van der Waals surface area contributed by atoms with Gasteiger partial charge in [0.15, 0.2) is 0 Å². The van der Waals surface area contributed by atoms with E-state index in [0.29, 0.717) is 23.8 Å². The molecule has 86 valence electrons. The summed E-state index contributed by atoms with van der Waals surface area (Å²) in [5.41, 5.74) is 7.56. The number of nitrogen functional groups attached to an aromatic ring is 1. The first-order valence-electron chi connectivity index (χ1n) is 5.19. The van der Waals surface area contributed by atoms with Crippen LogP contribution in [0.5, 0.6) is 0 Å². The predicted molar refractivity (Wildman–Crippen MR) is 65.1 cm³/mol. The summed E-state index contributed by atoms with van der Waals surface area (Å²) in [6.07, 6.45) is 0. The lowest BCUT2D eigenvalue weighted by molar-refractivity contribution is 0.164. The predicted octanol–water partition coefficient (Wildman–Crippen LogP) is 1.83. The van der Waals surface area contributed by atoms with Crippen LogP contribution in [-0.4, -0.2) is 20.3 Å². The van der Waals surface area contributed by atoms with E-state index in [-0.39, 0.29) is 0 Å². The summed E-state index contributed by atoms with van der Waals surface area (Å²) in [7, 11) is 1.69. The molecule has 0 aromatic heterocycles. The second kappa shape index (κ2) is 5.99. The highest BCUT2D eigenvalue weighted by Crippen LogP contribution is 2.17. The molecule has 0 spiro atoms. The molecule has 0 saturated heterocycles. The van der Waals surface area contributed by atoms with Gasteiger partial charge in [-0.3, -0.25) is 0 Å². The van der Waals surface area contributed by atoms with Crippen molar-refractivity contribution >= 4 is 11.4 Å². The molecule has 1 aromatic carbocycles. The number of nitrogens with two attached hydrogens (primary N) is 1. The number of nitrogens with one attached hydrogen (secondary N) is 1. The van der Waals surface area contributed by atoms with E-state index in [2.05, 4.69) is 18.3 Å². The van der Waals surface area contributed by atoms with Gasteiger partial charge in [0.1, 0.15) is 6.07 Å². The summed E-state index contributed by atoms with van der Waals surface area (Å²) in [5, 5.41) is 12.1. The maximum atomic E-state index is 8.83. The Morgan fingerprint density at radius 2 is 2.31 bits per heavy atom. The maximum absolute atomic E-state index is 8.83. The second-order valence-corrected chi connectivity index (χ2v) is 3.86. The van der Waals surface area contributed by atoms with Crippen LogP contribution < -0.4 is 11.1 Å². The highest BCUT2D eigenvalue weighted by molar-refractivity contribution is 5.61. The number of benzene rings is 1. The molecular formula is C12H17N3O. The molecule has 1 unspecified atom stereocenters. The Morgan fingerprint density at radius 3 is 2.94 bits per heavy atom. The van der Waals surface area contributed by atoms with Crippen LogP contribution in [0.2, 0.25) is 0 Å². The zero-order chi connectivity index (χ0) is 12.0. The summed E-state index contributed by atoms with van der Waals surface area (Å²) < 4.78 is 5.04. The standard InChI is InChI=1S/C12H17N3O/c1-9(8-16-2)7-15-11-3-4-12(14)10(5-11)6-13/h3-5,9,15H,7-8,14H2,1-2H3. The Bertz CT molecular complexity index is 384. The van der Waals surface area contributed by atoms with E-state index in [0.717, 1.165) is 12.2 Å². The van der Waals surface area contributed by atoms with Gasteiger partial charge in [0.25, 0.3) is 0 Å². The molecule has 1 atom stereocenters. The van der Waals surface area contributed by atoms with Crippen molar-refractivity contribution < 1.29 is 4.74 Å². The van der Waals surface area contributed by atoms with Crippen molar-refractivity contribution in [2.75, 3.05) is 31.3 Å². The minimum Gasteiger partial charge on any atom is -0.398 e. The van der Waals surface area contributed by atoms with Crippen LogP contribution in [0, 0.1) is 17.2 Å². The molecule has 4 nitrogen and oxygen atoms in total. The fourth-order valence-electron chi connectivity index (χ4n) is 1.40. The van der Waals surface area contributed by atoms with E-state index < -0.39 is 0 Å². The summed E-state index contributed by atoms with van der Waals surface area (Å²) in [6.45, 7) is 3.62. The molecule has 0 fully saturated rings. The van der Waals surface area contributed by atoms with Gasteiger partial charge in [-0.15, -0.1) is 0 Å². The highest BCUT2D eigenvalue weighted by atomic mass is 16.5. The molecule has 0 saturated carbocycles. The molecule has 0 aliphatic heterocycles. The minimum absolute atomic E-state index is 0.424. The molecule has 0 bridgehead atoms. The van der Waals surface area contributed by atoms with Crippen molar-refractivity contribution in [3.8, 4) is 6.07 Å². The third-order valence-electron chi connectivity index (χ3n) is 2.28. The molecule has 0 amide bonds. The number of nitriles is 1. The third kappa shape index (κ3) is 3.44. The van der Waals surface area contributed by atoms with Gasteiger partial charge in [0, 0.05) is 25.0 Å². The Morgan fingerprint density at radius 1 is 1.56 bits per heavy atom. The van der Waals surface area contributed by atoms with Gasteiger partial charge in [-0.25, -0.2) is 0 Å². The molecule has 3 N–H and O–H groups in total. The topological polar surface area (TPSA) is 71.1 Å². The van der Waals surface area contributed by atoms with Crippen molar-refractivity contribution in [3.05, 3.63) is 23.8 Å². The van der Waals surface area contributed by atoms with E-state index in [1.54, 1.807) is 19.2 Å². The number of ether oxygens (including phenoxy) is 1. The van der Waals surface area contributed by atoms with Crippen molar-refractivity contribution in [1.82, 2.24) is 0 Å². The molecule has 16 heavy (non-hydrogen) atoms. The fraction of sp³-hybridized carbons (Fsp3) is 0.417. The monoisotopic (exact) mass is 219 g/mol. The Labute approximate surface area is 96.0 Å². The lowest BCUT2D eigenvalue weighted by Gasteiger charge is -2.13. The SMILES string of the molecule is COCC(C)CNc1ccc(N)c(C#N)c1. The summed E-state index contributed by atoms with van der Waals surface area (Å²) >= 11 is 0. The Balaban J connectivity index is 2.58. The van der Waals surface area contributed by atoms with E-state index >= 15 is 0 Å². The average Bonchev–Trinajstić information content (AvgIpc) is 2.28. The molecule has 0 aliphatic rings. The average molecular weight is 219 g/mol. The maximum Gasteiger partial charge on any atom is 0.101 e. The van der Waals surface area contributed by atoms with E-state index in [4.69, 9.17) is 15.7 Å². The number of rotatable bonds is 5. The van der Waals surface area contributed by atoms with Crippen LogP contribution in [0.15, 0.2) is 18.2 Å². The van der Waals surface area contributed by atoms with Crippen LogP contribution in [-0.2, 0) is 4.74 Å². The summed E-state index contributed by atoms with van der Waals surface area (Å²) in [5.74, 6) is 0.424. The van der Waals surface area contributed by atoms with Crippen molar-refractivity contribution in [3.63, 3.8) is 0 Å². The number of nitrogens with zero attached hydrogens (tertiary/aromatic N) is 1. The lowest BCUT2D eigenvalue weighted by atomic mass is 10.1. The van der Waals surface area contributed by atoms with Crippen molar-refractivity contribution in [2.45, 2.75) is 6.92 Å². The molecule has 4 heteroatoms. The third-order valence-corrected chi connectivity index (χ3v) is 2.28. The molecule has 0 aliphatic carbocycles. The molecular weight excluding hydrogens is 202 g/mol. The van der Waals surface area contributed by atoms with Gasteiger partial charge in [0.2, 0.25) is 0 Å². The first-order chi connectivity index (χ1) is 7.67. The molecule has 0 heterocycles. The Kier molecular flexibility index (Phi) is 4.62. The Hall–Kier alpha value is -1.73. The van der Waals surface area contributed by atoms with Crippen LogP contribution in [0.4, 0.5) is 11.4 Å². The quantitative estimate of drug-likeness (QED) is 0.741. The minimum atomic E-state index is 0.424.